The number of carboxylic acid groups (broad SMARTS) is 1. The molecular formula is C31H62N2O3. The fourth-order valence-electron chi connectivity index (χ4n) is 4.86. The van der Waals surface area contributed by atoms with Gasteiger partial charge in [0.2, 0.25) is 5.91 Å². The van der Waals surface area contributed by atoms with Crippen LogP contribution in [0.1, 0.15) is 156 Å². The Morgan fingerprint density at radius 2 is 1.08 bits per heavy atom. The maximum absolute atomic E-state index is 11.0. The molecule has 0 spiro atoms. The standard InChI is InChI=1S/C24H51N.C7H11NO3/c1-4-7-10-13-16-19-22-25(23-20-17-14-11-8-5-2)24-21-18-15-12-9-6-3;9-6-5(7(10)11)3-1-2-4-8-6/h4-24H2,1-3H3;5H,1-4H2,(H,8,9)(H,10,11). The third kappa shape index (κ3) is 22.1. The first-order chi connectivity index (χ1) is 17.6. The Morgan fingerprint density at radius 1 is 0.694 bits per heavy atom. The predicted molar refractivity (Wildman–Crippen MR) is 155 cm³/mol. The number of carboxylic acids is 1. The van der Waals surface area contributed by atoms with E-state index in [0.717, 1.165) is 12.8 Å². The smallest absolute Gasteiger partial charge is 0.316 e. The third-order valence-corrected chi connectivity index (χ3v) is 7.32. The van der Waals surface area contributed by atoms with Gasteiger partial charge in [-0.1, -0.05) is 124 Å². The van der Waals surface area contributed by atoms with Crippen molar-refractivity contribution in [2.45, 2.75) is 156 Å². The number of hydrogen-bond acceptors (Lipinski definition) is 3. The monoisotopic (exact) mass is 510 g/mol. The first kappa shape index (κ1) is 34.9. The lowest BCUT2D eigenvalue weighted by atomic mass is 10.0. The lowest BCUT2D eigenvalue weighted by molar-refractivity contribution is -0.146. The summed E-state index contributed by atoms with van der Waals surface area (Å²) in [6.45, 7) is 11.6. The molecule has 1 unspecified atom stereocenters. The number of unbranched alkanes of at least 4 members (excludes halogenated alkanes) is 15. The second-order valence-corrected chi connectivity index (χ2v) is 10.8. The van der Waals surface area contributed by atoms with Crippen molar-refractivity contribution in [1.29, 1.82) is 0 Å². The molecule has 0 aromatic carbocycles. The summed E-state index contributed by atoms with van der Waals surface area (Å²) in [7, 11) is 0. The number of rotatable bonds is 22. The fraction of sp³-hybridized carbons (Fsp3) is 0.935. The van der Waals surface area contributed by atoms with Crippen LogP contribution in [-0.2, 0) is 9.59 Å². The van der Waals surface area contributed by atoms with Crippen molar-refractivity contribution in [2.75, 3.05) is 26.2 Å². The molecule has 214 valence electrons. The van der Waals surface area contributed by atoms with Gasteiger partial charge in [-0.25, -0.2) is 0 Å². The van der Waals surface area contributed by atoms with Crippen LogP contribution >= 0.6 is 0 Å². The number of aliphatic carboxylic acids is 1. The first-order valence-corrected chi connectivity index (χ1v) is 15.8. The highest BCUT2D eigenvalue weighted by Crippen LogP contribution is 2.13. The van der Waals surface area contributed by atoms with Crippen LogP contribution < -0.4 is 5.32 Å². The highest BCUT2D eigenvalue weighted by molar-refractivity contribution is 5.96. The Morgan fingerprint density at radius 3 is 1.47 bits per heavy atom. The van der Waals surface area contributed by atoms with E-state index in [2.05, 4.69) is 31.0 Å². The van der Waals surface area contributed by atoms with Crippen molar-refractivity contribution >= 4 is 11.9 Å². The van der Waals surface area contributed by atoms with Gasteiger partial charge < -0.3 is 15.3 Å². The summed E-state index contributed by atoms with van der Waals surface area (Å²) in [5, 5.41) is 11.1. The molecule has 36 heavy (non-hydrogen) atoms. The number of carbonyl (C=O) groups excluding carboxylic acids is 1. The highest BCUT2D eigenvalue weighted by Gasteiger charge is 2.26. The quantitative estimate of drug-likeness (QED) is 0.113. The minimum atomic E-state index is -1.01. The van der Waals surface area contributed by atoms with E-state index >= 15 is 0 Å². The van der Waals surface area contributed by atoms with Crippen LogP contribution in [0.3, 0.4) is 0 Å². The zero-order valence-corrected chi connectivity index (χ0v) is 24.5. The van der Waals surface area contributed by atoms with Gasteiger partial charge in [0.25, 0.3) is 0 Å². The molecule has 1 saturated heterocycles. The largest absolute Gasteiger partial charge is 0.481 e. The predicted octanol–water partition coefficient (Wildman–Crippen LogP) is 8.36. The summed E-state index contributed by atoms with van der Waals surface area (Å²) in [6, 6.07) is 0. The second-order valence-electron chi connectivity index (χ2n) is 10.8. The van der Waals surface area contributed by atoms with Crippen molar-refractivity contribution in [3.63, 3.8) is 0 Å². The molecule has 5 nitrogen and oxygen atoms in total. The van der Waals surface area contributed by atoms with Gasteiger partial charge in [-0.05, 0) is 51.7 Å². The van der Waals surface area contributed by atoms with E-state index in [1.807, 2.05) is 0 Å². The van der Waals surface area contributed by atoms with Crippen molar-refractivity contribution < 1.29 is 14.7 Å². The Bertz CT molecular complexity index is 460. The van der Waals surface area contributed by atoms with E-state index in [0.29, 0.717) is 13.0 Å². The lowest BCUT2D eigenvalue weighted by Crippen LogP contribution is -2.33. The van der Waals surface area contributed by atoms with Crippen LogP contribution in [0.15, 0.2) is 0 Å². The first-order valence-electron chi connectivity index (χ1n) is 15.8. The van der Waals surface area contributed by atoms with E-state index in [1.165, 1.54) is 135 Å². The van der Waals surface area contributed by atoms with Crippen molar-refractivity contribution in [2.24, 2.45) is 5.92 Å². The van der Waals surface area contributed by atoms with Gasteiger partial charge in [0.05, 0.1) is 0 Å². The molecule has 1 aliphatic heterocycles. The zero-order chi connectivity index (χ0) is 26.7. The molecule has 1 rings (SSSR count). The number of nitrogens with one attached hydrogen (secondary N) is 1. The Kier molecular flexibility index (Phi) is 26.1. The molecule has 0 saturated carbocycles. The van der Waals surface area contributed by atoms with Gasteiger partial charge in [-0.2, -0.15) is 0 Å². The van der Waals surface area contributed by atoms with Crippen LogP contribution in [0.25, 0.3) is 0 Å². The van der Waals surface area contributed by atoms with E-state index in [1.54, 1.807) is 0 Å². The number of carbonyl (C=O) groups is 2. The summed E-state index contributed by atoms with van der Waals surface area (Å²) in [5.41, 5.74) is 0. The molecular weight excluding hydrogens is 448 g/mol. The average Bonchev–Trinajstić information content (AvgIpc) is 3.09. The molecule has 0 aromatic heterocycles. The van der Waals surface area contributed by atoms with E-state index in [9.17, 15) is 9.59 Å². The average molecular weight is 511 g/mol. The topological polar surface area (TPSA) is 69.6 Å². The Balaban J connectivity index is 0.000000918. The molecule has 1 heterocycles. The number of amides is 1. The van der Waals surface area contributed by atoms with E-state index in [-0.39, 0.29) is 5.91 Å². The third-order valence-electron chi connectivity index (χ3n) is 7.32. The lowest BCUT2D eigenvalue weighted by Gasteiger charge is -2.22. The second kappa shape index (κ2) is 26.9. The molecule has 0 aliphatic carbocycles. The van der Waals surface area contributed by atoms with Gasteiger partial charge >= 0.3 is 5.97 Å². The van der Waals surface area contributed by atoms with Crippen molar-refractivity contribution in [3.05, 3.63) is 0 Å². The summed E-state index contributed by atoms with van der Waals surface area (Å²) >= 11 is 0. The van der Waals surface area contributed by atoms with Gasteiger partial charge in [0.15, 0.2) is 0 Å². The normalized spacial score (nSPS) is 15.8. The number of nitrogens with zero attached hydrogens (tertiary/aromatic N) is 1. The SMILES string of the molecule is CCCCCCCCN(CCCCCCCC)CCCCCCCC.O=C(O)C1CCCCNC1=O. The van der Waals surface area contributed by atoms with E-state index < -0.39 is 11.9 Å². The van der Waals surface area contributed by atoms with Crippen LogP contribution in [0.2, 0.25) is 0 Å². The van der Waals surface area contributed by atoms with Gasteiger partial charge in [-0.3, -0.25) is 9.59 Å². The number of hydrogen-bond donors (Lipinski definition) is 2. The summed E-state index contributed by atoms with van der Waals surface area (Å²) < 4.78 is 0. The van der Waals surface area contributed by atoms with Crippen LogP contribution in [0.5, 0.6) is 0 Å². The molecule has 2 N–H and O–H groups in total. The van der Waals surface area contributed by atoms with Crippen LogP contribution in [0, 0.1) is 5.92 Å². The van der Waals surface area contributed by atoms with Gasteiger partial charge in [-0.15, -0.1) is 0 Å². The molecule has 0 aromatic rings. The van der Waals surface area contributed by atoms with Crippen molar-refractivity contribution in [1.82, 2.24) is 10.2 Å². The summed E-state index contributed by atoms with van der Waals surface area (Å²) in [6.07, 6.45) is 27.9. The molecule has 1 aliphatic rings. The molecule has 1 fully saturated rings. The zero-order valence-electron chi connectivity index (χ0n) is 24.5. The molecule has 0 bridgehead atoms. The molecule has 5 heteroatoms. The Labute approximate surface area is 224 Å². The maximum Gasteiger partial charge on any atom is 0.316 e. The van der Waals surface area contributed by atoms with Crippen LogP contribution in [0.4, 0.5) is 0 Å². The highest BCUT2D eigenvalue weighted by atomic mass is 16.4. The van der Waals surface area contributed by atoms with Gasteiger partial charge in [0, 0.05) is 6.54 Å². The van der Waals surface area contributed by atoms with E-state index in [4.69, 9.17) is 5.11 Å². The molecule has 1 amide bonds. The minimum absolute atomic E-state index is 0.338. The van der Waals surface area contributed by atoms with Gasteiger partial charge in [0.1, 0.15) is 5.92 Å². The summed E-state index contributed by atoms with van der Waals surface area (Å²) in [5.74, 6) is -2.17. The summed E-state index contributed by atoms with van der Waals surface area (Å²) in [4.78, 5) is 24.2. The van der Waals surface area contributed by atoms with Crippen LogP contribution in [-0.4, -0.2) is 48.1 Å². The Hall–Kier alpha value is -1.10. The fourth-order valence-corrected chi connectivity index (χ4v) is 4.86. The molecule has 0 radical (unpaired) electrons. The minimum Gasteiger partial charge on any atom is -0.481 e. The molecule has 1 atom stereocenters. The maximum atomic E-state index is 11.0. The van der Waals surface area contributed by atoms with Crippen molar-refractivity contribution in [3.8, 4) is 0 Å².